The molecule has 1 atom stereocenters. The van der Waals surface area contributed by atoms with Gasteiger partial charge in [-0.3, -0.25) is 4.79 Å². The maximum Gasteiger partial charge on any atom is 0.340 e. The van der Waals surface area contributed by atoms with Crippen LogP contribution in [-0.2, 0) is 9.53 Å². The molecule has 6 heteroatoms. The number of nitrogens with zero attached hydrogens (tertiary/aromatic N) is 1. The van der Waals surface area contributed by atoms with Gasteiger partial charge in [0.15, 0.2) is 0 Å². The number of ether oxygens (including phenoxy) is 1. The molecule has 1 amide bonds. The summed E-state index contributed by atoms with van der Waals surface area (Å²) in [7, 11) is 1.10. The predicted octanol–water partition coefficient (Wildman–Crippen LogP) is 2.29. The van der Waals surface area contributed by atoms with E-state index in [0.29, 0.717) is 6.07 Å². The number of anilines is 1. The number of hydrogen-bond donors (Lipinski definition) is 0. The zero-order chi connectivity index (χ0) is 14.9. The van der Waals surface area contributed by atoms with Gasteiger partial charge in [0.2, 0.25) is 5.91 Å². The Labute approximate surface area is 114 Å². The van der Waals surface area contributed by atoms with Gasteiger partial charge < -0.3 is 9.64 Å². The third-order valence-corrected chi connectivity index (χ3v) is 3.22. The van der Waals surface area contributed by atoms with E-state index >= 15 is 0 Å². The van der Waals surface area contributed by atoms with Gasteiger partial charge >= 0.3 is 5.97 Å². The lowest BCUT2D eigenvalue weighted by atomic mass is 10.1. The molecule has 2 rings (SSSR count). The number of carbonyl (C=O) groups excluding carboxylic acids is 2. The van der Waals surface area contributed by atoms with E-state index in [1.165, 1.54) is 4.90 Å². The summed E-state index contributed by atoms with van der Waals surface area (Å²) in [5.41, 5.74) is -0.528. The van der Waals surface area contributed by atoms with Crippen molar-refractivity contribution < 1.29 is 23.1 Å². The number of methoxy groups -OCH3 is 1. The van der Waals surface area contributed by atoms with Gasteiger partial charge in [-0.25, -0.2) is 13.6 Å². The first-order chi connectivity index (χ1) is 9.47. The number of rotatable bonds is 3. The molecule has 1 heterocycles. The highest BCUT2D eigenvalue weighted by Crippen LogP contribution is 2.30. The normalized spacial score (nSPS) is 18.2. The minimum Gasteiger partial charge on any atom is -0.465 e. The van der Waals surface area contributed by atoms with E-state index in [9.17, 15) is 18.4 Å². The van der Waals surface area contributed by atoms with Crippen molar-refractivity contribution in [2.45, 2.75) is 6.42 Å². The standard InChI is InChI=1S/C14H13F2NO3/c1-3-8-4-13(18)17(7-8)12-5-9(14(19)20-2)10(15)6-11(12)16/h3,5-6,8H,1,4,7H2,2H3. The fourth-order valence-corrected chi connectivity index (χ4v) is 2.14. The zero-order valence-electron chi connectivity index (χ0n) is 10.9. The minimum absolute atomic E-state index is 0.0893. The molecule has 1 aliphatic rings. The molecule has 0 radical (unpaired) electrons. The van der Waals surface area contributed by atoms with E-state index in [2.05, 4.69) is 11.3 Å². The SMILES string of the molecule is C=CC1CC(=O)N(c2cc(C(=O)OC)c(F)cc2F)C1. The van der Waals surface area contributed by atoms with E-state index in [1.807, 2.05) is 0 Å². The van der Waals surface area contributed by atoms with Gasteiger partial charge in [0, 0.05) is 24.9 Å². The highest BCUT2D eigenvalue weighted by atomic mass is 19.1. The maximum atomic E-state index is 13.8. The third-order valence-electron chi connectivity index (χ3n) is 3.22. The fourth-order valence-electron chi connectivity index (χ4n) is 2.14. The molecule has 0 aliphatic carbocycles. The monoisotopic (exact) mass is 281 g/mol. The lowest BCUT2D eigenvalue weighted by Gasteiger charge is -2.18. The number of halogens is 2. The molecule has 1 aromatic carbocycles. The topological polar surface area (TPSA) is 46.6 Å². The molecule has 0 saturated carbocycles. The van der Waals surface area contributed by atoms with E-state index in [4.69, 9.17) is 0 Å². The quantitative estimate of drug-likeness (QED) is 0.631. The molecular formula is C14H13F2NO3. The van der Waals surface area contributed by atoms with Crippen LogP contribution in [0.2, 0.25) is 0 Å². The number of benzene rings is 1. The maximum absolute atomic E-state index is 13.8. The number of esters is 1. The molecule has 1 aliphatic heterocycles. The Morgan fingerprint density at radius 2 is 2.15 bits per heavy atom. The molecule has 1 aromatic rings. The van der Waals surface area contributed by atoms with Gasteiger partial charge in [0.1, 0.15) is 11.6 Å². The Morgan fingerprint density at radius 1 is 1.45 bits per heavy atom. The number of hydrogen-bond acceptors (Lipinski definition) is 3. The Kier molecular flexibility index (Phi) is 3.83. The molecule has 1 saturated heterocycles. The highest BCUT2D eigenvalue weighted by Gasteiger charge is 2.31. The summed E-state index contributed by atoms with van der Waals surface area (Å²) >= 11 is 0. The smallest absolute Gasteiger partial charge is 0.340 e. The molecule has 106 valence electrons. The van der Waals surface area contributed by atoms with Crippen LogP contribution in [0.25, 0.3) is 0 Å². The van der Waals surface area contributed by atoms with Gasteiger partial charge in [0.25, 0.3) is 0 Å². The lowest BCUT2D eigenvalue weighted by Crippen LogP contribution is -2.26. The first-order valence-electron chi connectivity index (χ1n) is 5.98. The highest BCUT2D eigenvalue weighted by molar-refractivity contribution is 5.98. The van der Waals surface area contributed by atoms with Crippen LogP contribution in [0.1, 0.15) is 16.8 Å². The molecule has 4 nitrogen and oxygen atoms in total. The van der Waals surface area contributed by atoms with E-state index in [-0.39, 0.29) is 30.5 Å². The lowest BCUT2D eigenvalue weighted by molar-refractivity contribution is -0.117. The van der Waals surface area contributed by atoms with Crippen LogP contribution in [0.5, 0.6) is 0 Å². The molecule has 0 spiro atoms. The van der Waals surface area contributed by atoms with Crippen molar-refractivity contribution in [2.24, 2.45) is 5.92 Å². The molecule has 1 unspecified atom stereocenters. The summed E-state index contributed by atoms with van der Waals surface area (Å²) < 4.78 is 31.8. The molecule has 0 bridgehead atoms. The van der Waals surface area contributed by atoms with Crippen molar-refractivity contribution in [3.8, 4) is 0 Å². The van der Waals surface area contributed by atoms with E-state index in [0.717, 1.165) is 13.2 Å². The van der Waals surface area contributed by atoms with Gasteiger partial charge in [-0.05, 0) is 6.07 Å². The van der Waals surface area contributed by atoms with Crippen molar-refractivity contribution in [3.63, 3.8) is 0 Å². The second-order valence-electron chi connectivity index (χ2n) is 4.48. The Morgan fingerprint density at radius 3 is 2.70 bits per heavy atom. The van der Waals surface area contributed by atoms with E-state index < -0.39 is 23.2 Å². The van der Waals surface area contributed by atoms with Crippen LogP contribution < -0.4 is 4.90 Å². The van der Waals surface area contributed by atoms with Gasteiger partial charge in [0.05, 0.1) is 18.4 Å². The summed E-state index contributed by atoms with van der Waals surface area (Å²) in [4.78, 5) is 24.4. The van der Waals surface area contributed by atoms with Gasteiger partial charge in [-0.15, -0.1) is 6.58 Å². The first kappa shape index (κ1) is 14.2. The fraction of sp³-hybridized carbons (Fsp3) is 0.286. The summed E-state index contributed by atoms with van der Waals surface area (Å²) in [6, 6.07) is 1.58. The van der Waals surface area contributed by atoms with Crippen LogP contribution in [0.4, 0.5) is 14.5 Å². The zero-order valence-corrected chi connectivity index (χ0v) is 10.9. The molecule has 1 fully saturated rings. The summed E-state index contributed by atoms with van der Waals surface area (Å²) in [5, 5.41) is 0. The Balaban J connectivity index is 2.44. The van der Waals surface area contributed by atoms with Gasteiger partial charge in [-0.2, -0.15) is 0 Å². The average Bonchev–Trinajstić information content (AvgIpc) is 2.79. The van der Waals surface area contributed by atoms with Crippen LogP contribution in [0, 0.1) is 17.6 Å². The van der Waals surface area contributed by atoms with E-state index in [1.54, 1.807) is 6.08 Å². The second kappa shape index (κ2) is 5.40. The second-order valence-corrected chi connectivity index (χ2v) is 4.48. The largest absolute Gasteiger partial charge is 0.465 e. The van der Waals surface area contributed by atoms with Crippen molar-refractivity contribution in [3.05, 3.63) is 42.0 Å². The number of carbonyl (C=O) groups is 2. The van der Waals surface area contributed by atoms with Crippen molar-refractivity contribution in [1.82, 2.24) is 0 Å². The first-order valence-corrected chi connectivity index (χ1v) is 5.98. The predicted molar refractivity (Wildman–Crippen MR) is 68.4 cm³/mol. The molecule has 0 N–H and O–H groups in total. The molecule has 0 aromatic heterocycles. The third kappa shape index (κ3) is 2.41. The van der Waals surface area contributed by atoms with Crippen LogP contribution in [0.3, 0.4) is 0 Å². The van der Waals surface area contributed by atoms with Crippen LogP contribution >= 0.6 is 0 Å². The van der Waals surface area contributed by atoms with Crippen LogP contribution in [0.15, 0.2) is 24.8 Å². The van der Waals surface area contributed by atoms with Crippen molar-refractivity contribution >= 4 is 17.6 Å². The summed E-state index contributed by atoms with van der Waals surface area (Å²) in [5.74, 6) is -3.22. The average molecular weight is 281 g/mol. The molecular weight excluding hydrogens is 268 g/mol. The van der Waals surface area contributed by atoms with Crippen molar-refractivity contribution in [1.29, 1.82) is 0 Å². The number of amides is 1. The van der Waals surface area contributed by atoms with Crippen molar-refractivity contribution in [2.75, 3.05) is 18.6 Å². The Hall–Kier alpha value is -2.24. The summed E-state index contributed by atoms with van der Waals surface area (Å²) in [6.07, 6.45) is 1.83. The minimum atomic E-state index is -1.02. The van der Waals surface area contributed by atoms with Crippen LogP contribution in [-0.4, -0.2) is 25.5 Å². The van der Waals surface area contributed by atoms with Gasteiger partial charge in [-0.1, -0.05) is 6.08 Å². The Bertz CT molecular complexity index is 586. The summed E-state index contributed by atoms with van der Waals surface area (Å²) in [6.45, 7) is 3.85. The molecule has 20 heavy (non-hydrogen) atoms.